The van der Waals surface area contributed by atoms with Crippen LogP contribution in [0, 0.1) is 0 Å². The SMILES string of the molecule is C[C@@H](c1cccs1)N(C)C(=O)/C=C/c1cn(C)c(=O)n(C)c1=O. The van der Waals surface area contributed by atoms with E-state index < -0.39 is 11.2 Å². The largest absolute Gasteiger partial charge is 0.335 e. The minimum atomic E-state index is -0.425. The van der Waals surface area contributed by atoms with Crippen LogP contribution in [-0.4, -0.2) is 27.0 Å². The van der Waals surface area contributed by atoms with Gasteiger partial charge in [-0.15, -0.1) is 11.3 Å². The van der Waals surface area contributed by atoms with E-state index in [0.29, 0.717) is 5.56 Å². The lowest BCUT2D eigenvalue weighted by atomic mass is 10.2. The highest BCUT2D eigenvalue weighted by Crippen LogP contribution is 2.23. The van der Waals surface area contributed by atoms with Crippen molar-refractivity contribution in [2.24, 2.45) is 14.1 Å². The van der Waals surface area contributed by atoms with Gasteiger partial charge < -0.3 is 9.47 Å². The van der Waals surface area contributed by atoms with E-state index >= 15 is 0 Å². The van der Waals surface area contributed by atoms with E-state index in [4.69, 9.17) is 0 Å². The summed E-state index contributed by atoms with van der Waals surface area (Å²) in [5.41, 5.74) is -0.534. The average molecular weight is 333 g/mol. The van der Waals surface area contributed by atoms with Crippen molar-refractivity contribution in [3.8, 4) is 0 Å². The highest BCUT2D eigenvalue weighted by Gasteiger charge is 2.16. The van der Waals surface area contributed by atoms with Crippen LogP contribution in [0.1, 0.15) is 23.4 Å². The van der Waals surface area contributed by atoms with Crippen LogP contribution in [0.2, 0.25) is 0 Å². The number of likely N-dealkylation sites (N-methyl/N-ethyl adjacent to an activating group) is 1. The van der Waals surface area contributed by atoms with Gasteiger partial charge in [0.15, 0.2) is 0 Å². The first-order valence-electron chi connectivity index (χ1n) is 7.08. The second-order valence-electron chi connectivity index (χ2n) is 5.32. The zero-order valence-corrected chi connectivity index (χ0v) is 14.3. The summed E-state index contributed by atoms with van der Waals surface area (Å²) in [5, 5.41) is 1.97. The molecule has 0 aliphatic rings. The van der Waals surface area contributed by atoms with Crippen LogP contribution in [-0.2, 0) is 18.9 Å². The summed E-state index contributed by atoms with van der Waals surface area (Å²) >= 11 is 1.59. The Balaban J connectivity index is 2.22. The van der Waals surface area contributed by atoms with Crippen LogP contribution in [0.15, 0.2) is 39.4 Å². The monoisotopic (exact) mass is 333 g/mol. The Kier molecular flexibility index (Phi) is 5.00. The number of nitrogens with zero attached hydrogens (tertiary/aromatic N) is 3. The zero-order chi connectivity index (χ0) is 17.1. The fourth-order valence-electron chi connectivity index (χ4n) is 2.14. The van der Waals surface area contributed by atoms with Crippen molar-refractivity contribution in [1.29, 1.82) is 0 Å². The van der Waals surface area contributed by atoms with Crippen LogP contribution >= 0.6 is 11.3 Å². The van der Waals surface area contributed by atoms with Gasteiger partial charge in [-0.1, -0.05) is 6.07 Å². The summed E-state index contributed by atoms with van der Waals surface area (Å²) in [6.07, 6.45) is 4.23. The number of carbonyl (C=O) groups excluding carboxylic acids is 1. The fraction of sp³-hybridized carbons (Fsp3) is 0.312. The Morgan fingerprint density at radius 1 is 1.35 bits per heavy atom. The third-order valence-electron chi connectivity index (χ3n) is 3.76. The Labute approximate surface area is 137 Å². The zero-order valence-electron chi connectivity index (χ0n) is 13.5. The molecule has 2 heterocycles. The molecule has 0 unspecified atom stereocenters. The standard InChI is InChI=1S/C16H19N3O3S/c1-11(13-6-5-9-23-13)18(3)14(20)8-7-12-10-17(2)16(22)19(4)15(12)21/h5-11H,1-4H3/b8-7+/t11-/m0/s1. The first kappa shape index (κ1) is 17.0. The van der Waals surface area contributed by atoms with Crippen LogP contribution in [0.5, 0.6) is 0 Å². The molecule has 6 nitrogen and oxygen atoms in total. The Hall–Kier alpha value is -2.41. The number of amides is 1. The quantitative estimate of drug-likeness (QED) is 0.794. The molecule has 0 N–H and O–H groups in total. The molecule has 0 spiro atoms. The maximum Gasteiger partial charge on any atom is 0.330 e. The summed E-state index contributed by atoms with van der Waals surface area (Å²) in [6.45, 7) is 1.95. The lowest BCUT2D eigenvalue weighted by Gasteiger charge is -2.22. The van der Waals surface area contributed by atoms with Gasteiger partial charge in [-0.05, 0) is 24.4 Å². The molecule has 0 bridgehead atoms. The van der Waals surface area contributed by atoms with E-state index in [1.807, 2.05) is 24.4 Å². The van der Waals surface area contributed by atoms with Crippen molar-refractivity contribution in [3.05, 3.63) is 61.1 Å². The smallest absolute Gasteiger partial charge is 0.330 e. The van der Waals surface area contributed by atoms with Crippen molar-refractivity contribution < 1.29 is 4.79 Å². The molecule has 0 aromatic carbocycles. The summed E-state index contributed by atoms with van der Waals surface area (Å²) in [7, 11) is 4.69. The maximum absolute atomic E-state index is 12.3. The van der Waals surface area contributed by atoms with Gasteiger partial charge in [-0.3, -0.25) is 14.2 Å². The van der Waals surface area contributed by atoms with Crippen molar-refractivity contribution in [1.82, 2.24) is 14.0 Å². The van der Waals surface area contributed by atoms with Gasteiger partial charge in [-0.25, -0.2) is 4.79 Å². The van der Waals surface area contributed by atoms with E-state index in [0.717, 1.165) is 9.44 Å². The third-order valence-corrected chi connectivity index (χ3v) is 4.80. The molecule has 7 heteroatoms. The number of aryl methyl sites for hydroxylation is 1. The van der Waals surface area contributed by atoms with Crippen molar-refractivity contribution in [3.63, 3.8) is 0 Å². The number of hydrogen-bond donors (Lipinski definition) is 0. The van der Waals surface area contributed by atoms with Crippen molar-refractivity contribution in [2.45, 2.75) is 13.0 Å². The summed E-state index contributed by atoms with van der Waals surface area (Å²) in [4.78, 5) is 38.6. The second kappa shape index (κ2) is 6.78. The van der Waals surface area contributed by atoms with Gasteiger partial charge in [0.25, 0.3) is 5.56 Å². The van der Waals surface area contributed by atoms with Crippen LogP contribution in [0.25, 0.3) is 6.08 Å². The predicted octanol–water partition coefficient (Wildman–Crippen LogP) is 1.38. The molecule has 0 fully saturated rings. The Bertz CT molecular complexity index is 846. The Morgan fingerprint density at radius 2 is 2.04 bits per heavy atom. The summed E-state index contributed by atoms with van der Waals surface area (Å²) in [6, 6.07) is 3.87. The number of aromatic nitrogens is 2. The molecule has 2 aromatic rings. The molecule has 2 rings (SSSR count). The number of hydrogen-bond acceptors (Lipinski definition) is 4. The van der Waals surface area contributed by atoms with Crippen molar-refractivity contribution in [2.75, 3.05) is 7.05 Å². The molecule has 2 aromatic heterocycles. The first-order chi connectivity index (χ1) is 10.8. The highest BCUT2D eigenvalue weighted by molar-refractivity contribution is 7.10. The highest BCUT2D eigenvalue weighted by atomic mass is 32.1. The lowest BCUT2D eigenvalue weighted by Crippen LogP contribution is -2.37. The van der Waals surface area contributed by atoms with E-state index in [1.165, 1.54) is 30.0 Å². The topological polar surface area (TPSA) is 64.3 Å². The minimum absolute atomic E-state index is 0.0462. The van der Waals surface area contributed by atoms with E-state index in [2.05, 4.69) is 0 Å². The molecule has 0 saturated heterocycles. The second-order valence-corrected chi connectivity index (χ2v) is 6.30. The van der Waals surface area contributed by atoms with E-state index in [9.17, 15) is 14.4 Å². The number of thiophene rings is 1. The fourth-order valence-corrected chi connectivity index (χ4v) is 2.97. The van der Waals surface area contributed by atoms with Gasteiger partial charge in [-0.2, -0.15) is 0 Å². The van der Waals surface area contributed by atoms with Gasteiger partial charge in [0, 0.05) is 38.3 Å². The molecular formula is C16H19N3O3S. The number of carbonyl (C=O) groups is 1. The van der Waals surface area contributed by atoms with Gasteiger partial charge in [0.1, 0.15) is 0 Å². The third kappa shape index (κ3) is 3.50. The van der Waals surface area contributed by atoms with Crippen LogP contribution in [0.4, 0.5) is 0 Å². The molecule has 0 aliphatic carbocycles. The van der Waals surface area contributed by atoms with E-state index in [1.54, 1.807) is 30.3 Å². The van der Waals surface area contributed by atoms with Crippen molar-refractivity contribution >= 4 is 23.3 Å². The first-order valence-corrected chi connectivity index (χ1v) is 7.96. The molecule has 1 atom stereocenters. The molecule has 0 radical (unpaired) electrons. The Morgan fingerprint density at radius 3 is 2.65 bits per heavy atom. The van der Waals surface area contributed by atoms with E-state index in [-0.39, 0.29) is 11.9 Å². The molecule has 1 amide bonds. The van der Waals surface area contributed by atoms with Crippen LogP contribution in [0.3, 0.4) is 0 Å². The molecular weight excluding hydrogens is 314 g/mol. The van der Waals surface area contributed by atoms with Crippen LogP contribution < -0.4 is 11.2 Å². The molecule has 122 valence electrons. The van der Waals surface area contributed by atoms with Gasteiger partial charge in [0.05, 0.1) is 11.6 Å². The van der Waals surface area contributed by atoms with Gasteiger partial charge >= 0.3 is 5.69 Å². The normalized spacial score (nSPS) is 12.5. The molecule has 0 aliphatic heterocycles. The predicted molar refractivity (Wildman–Crippen MR) is 91.5 cm³/mol. The minimum Gasteiger partial charge on any atom is -0.335 e. The average Bonchev–Trinajstić information content (AvgIpc) is 3.07. The molecule has 0 saturated carbocycles. The maximum atomic E-state index is 12.3. The summed E-state index contributed by atoms with van der Waals surface area (Å²) in [5.74, 6) is -0.207. The molecule has 23 heavy (non-hydrogen) atoms. The summed E-state index contributed by atoms with van der Waals surface area (Å²) < 4.78 is 2.33. The lowest BCUT2D eigenvalue weighted by molar-refractivity contribution is -0.126. The number of rotatable bonds is 4. The van der Waals surface area contributed by atoms with Gasteiger partial charge in [0.2, 0.25) is 5.91 Å².